The highest BCUT2D eigenvalue weighted by Gasteiger charge is 2.49. The van der Waals surface area contributed by atoms with Gasteiger partial charge in [0, 0.05) is 38.4 Å². The first-order valence-electron chi connectivity index (χ1n) is 9.36. The molecule has 0 atom stereocenters. The average Bonchev–Trinajstić information content (AvgIpc) is 2.66. The standard InChI is InChI=1S/C18H19F3N6O2/c19-18(20,21)15-12(6-22-11-23-15)16-24-13(26-1-3-28-4-2-26)5-14(25-16)27-7-17(8-27)9-29-10-17/h5-6,11H,1-4,7-10H2. The lowest BCUT2D eigenvalue weighted by molar-refractivity contribution is -0.140. The summed E-state index contributed by atoms with van der Waals surface area (Å²) in [5.74, 6) is 1.16. The average molecular weight is 408 g/mol. The van der Waals surface area contributed by atoms with Gasteiger partial charge in [0.1, 0.15) is 18.0 Å². The van der Waals surface area contributed by atoms with E-state index in [4.69, 9.17) is 9.47 Å². The first kappa shape index (κ1) is 18.5. The number of hydrogen-bond acceptors (Lipinski definition) is 8. The first-order chi connectivity index (χ1) is 13.9. The van der Waals surface area contributed by atoms with Crippen molar-refractivity contribution in [3.8, 4) is 11.4 Å². The van der Waals surface area contributed by atoms with Crippen LogP contribution in [-0.2, 0) is 15.7 Å². The van der Waals surface area contributed by atoms with Crippen LogP contribution in [0.5, 0.6) is 0 Å². The van der Waals surface area contributed by atoms with Crippen LogP contribution in [0.15, 0.2) is 18.6 Å². The molecule has 0 saturated carbocycles. The lowest BCUT2D eigenvalue weighted by atomic mass is 9.78. The number of alkyl halides is 3. The largest absolute Gasteiger partial charge is 0.434 e. The highest BCUT2D eigenvalue weighted by Crippen LogP contribution is 2.41. The number of anilines is 2. The zero-order valence-corrected chi connectivity index (χ0v) is 15.5. The molecule has 5 heterocycles. The SMILES string of the molecule is FC(F)(F)c1ncncc1-c1nc(N2CCOCC2)cc(N2CC3(COC3)C2)n1. The molecule has 11 heteroatoms. The third-order valence-corrected chi connectivity index (χ3v) is 5.45. The quantitative estimate of drug-likeness (QED) is 0.759. The Morgan fingerprint density at radius 3 is 2.28 bits per heavy atom. The van der Waals surface area contributed by atoms with Crippen LogP contribution in [0, 0.1) is 5.41 Å². The molecular weight excluding hydrogens is 389 g/mol. The van der Waals surface area contributed by atoms with E-state index in [0.717, 1.165) is 25.6 Å². The molecule has 2 aromatic heterocycles. The van der Waals surface area contributed by atoms with E-state index in [-0.39, 0.29) is 16.8 Å². The second-order valence-electron chi connectivity index (χ2n) is 7.64. The Balaban J connectivity index is 1.55. The van der Waals surface area contributed by atoms with Crippen molar-refractivity contribution in [2.75, 3.05) is 62.4 Å². The van der Waals surface area contributed by atoms with Crippen molar-refractivity contribution in [1.29, 1.82) is 0 Å². The topological polar surface area (TPSA) is 76.5 Å². The van der Waals surface area contributed by atoms with Crippen molar-refractivity contribution >= 4 is 11.6 Å². The fraction of sp³-hybridized carbons (Fsp3) is 0.556. The van der Waals surface area contributed by atoms with Crippen LogP contribution in [-0.4, -0.2) is 72.5 Å². The van der Waals surface area contributed by atoms with E-state index in [1.54, 1.807) is 0 Å². The number of ether oxygens (including phenoxy) is 2. The van der Waals surface area contributed by atoms with Crippen LogP contribution in [0.2, 0.25) is 0 Å². The summed E-state index contributed by atoms with van der Waals surface area (Å²) in [7, 11) is 0. The zero-order chi connectivity index (χ0) is 20.1. The van der Waals surface area contributed by atoms with Crippen LogP contribution >= 0.6 is 0 Å². The molecule has 3 fully saturated rings. The maximum absolute atomic E-state index is 13.5. The van der Waals surface area contributed by atoms with Gasteiger partial charge >= 0.3 is 6.18 Å². The second-order valence-corrected chi connectivity index (χ2v) is 7.64. The van der Waals surface area contributed by atoms with E-state index < -0.39 is 11.9 Å². The molecule has 3 aliphatic rings. The molecule has 0 bridgehead atoms. The monoisotopic (exact) mass is 408 g/mol. The summed E-state index contributed by atoms with van der Waals surface area (Å²) in [5.41, 5.74) is -1.11. The highest BCUT2D eigenvalue weighted by atomic mass is 19.4. The van der Waals surface area contributed by atoms with Crippen LogP contribution in [0.4, 0.5) is 24.8 Å². The van der Waals surface area contributed by atoms with Crippen molar-refractivity contribution in [2.45, 2.75) is 6.18 Å². The predicted octanol–water partition coefficient (Wildman–Crippen LogP) is 1.63. The summed E-state index contributed by atoms with van der Waals surface area (Å²) in [5, 5.41) is 0. The Morgan fingerprint density at radius 2 is 1.66 bits per heavy atom. The summed E-state index contributed by atoms with van der Waals surface area (Å²) in [6.07, 6.45) is -2.62. The van der Waals surface area contributed by atoms with Crippen LogP contribution in [0.1, 0.15) is 5.69 Å². The number of nitrogens with zero attached hydrogens (tertiary/aromatic N) is 6. The molecule has 2 aromatic rings. The third-order valence-electron chi connectivity index (χ3n) is 5.45. The van der Waals surface area contributed by atoms with E-state index in [1.807, 2.05) is 11.0 Å². The Hall–Kier alpha value is -2.53. The molecular formula is C18H19F3N6O2. The van der Waals surface area contributed by atoms with Gasteiger partial charge < -0.3 is 19.3 Å². The van der Waals surface area contributed by atoms with E-state index in [9.17, 15) is 13.2 Å². The molecule has 0 radical (unpaired) electrons. The lowest BCUT2D eigenvalue weighted by Crippen LogP contribution is -2.66. The summed E-state index contributed by atoms with van der Waals surface area (Å²) >= 11 is 0. The van der Waals surface area contributed by atoms with E-state index in [2.05, 4.69) is 24.8 Å². The molecule has 0 N–H and O–H groups in total. The fourth-order valence-electron chi connectivity index (χ4n) is 3.88. The molecule has 1 spiro atoms. The van der Waals surface area contributed by atoms with Crippen LogP contribution < -0.4 is 9.80 Å². The molecule has 5 rings (SSSR count). The Bertz CT molecular complexity index is 907. The normalized spacial score (nSPS) is 21.1. The number of hydrogen-bond donors (Lipinski definition) is 0. The van der Waals surface area contributed by atoms with Gasteiger partial charge in [0.2, 0.25) is 0 Å². The van der Waals surface area contributed by atoms with Crippen molar-refractivity contribution in [1.82, 2.24) is 19.9 Å². The predicted molar refractivity (Wildman–Crippen MR) is 96.6 cm³/mol. The van der Waals surface area contributed by atoms with Gasteiger partial charge in [0.05, 0.1) is 37.4 Å². The lowest BCUT2D eigenvalue weighted by Gasteiger charge is -2.55. The summed E-state index contributed by atoms with van der Waals surface area (Å²) in [6.45, 7) is 5.27. The van der Waals surface area contributed by atoms with Gasteiger partial charge in [-0.25, -0.2) is 19.9 Å². The Kier molecular flexibility index (Phi) is 4.32. The van der Waals surface area contributed by atoms with E-state index in [1.165, 1.54) is 0 Å². The maximum Gasteiger partial charge on any atom is 0.434 e. The molecule has 0 aromatic carbocycles. The van der Waals surface area contributed by atoms with Gasteiger partial charge in [0.15, 0.2) is 11.5 Å². The number of aromatic nitrogens is 4. The number of morpholine rings is 1. The Labute approximate surface area is 164 Å². The van der Waals surface area contributed by atoms with Gasteiger partial charge in [-0.1, -0.05) is 0 Å². The minimum absolute atomic E-state index is 0.0253. The third kappa shape index (κ3) is 3.38. The molecule has 29 heavy (non-hydrogen) atoms. The van der Waals surface area contributed by atoms with Gasteiger partial charge in [0.25, 0.3) is 0 Å². The van der Waals surface area contributed by atoms with Crippen LogP contribution in [0.3, 0.4) is 0 Å². The first-order valence-corrected chi connectivity index (χ1v) is 9.36. The summed E-state index contributed by atoms with van der Waals surface area (Å²) in [4.78, 5) is 20.2. The maximum atomic E-state index is 13.5. The van der Waals surface area contributed by atoms with Crippen LogP contribution in [0.25, 0.3) is 11.4 Å². The Morgan fingerprint density at radius 1 is 0.966 bits per heavy atom. The second kappa shape index (κ2) is 6.77. The van der Waals surface area contributed by atoms with Crippen molar-refractivity contribution in [2.24, 2.45) is 5.41 Å². The molecule has 3 aliphatic heterocycles. The highest BCUT2D eigenvalue weighted by molar-refractivity contribution is 5.64. The van der Waals surface area contributed by atoms with Crippen molar-refractivity contribution < 1.29 is 22.6 Å². The minimum Gasteiger partial charge on any atom is -0.380 e. The van der Waals surface area contributed by atoms with Gasteiger partial charge in [-0.05, 0) is 0 Å². The van der Waals surface area contributed by atoms with Gasteiger partial charge in [-0.3, -0.25) is 0 Å². The van der Waals surface area contributed by atoms with E-state index in [0.29, 0.717) is 51.2 Å². The minimum atomic E-state index is -4.62. The van der Waals surface area contributed by atoms with Crippen molar-refractivity contribution in [3.63, 3.8) is 0 Å². The van der Waals surface area contributed by atoms with Gasteiger partial charge in [-0.15, -0.1) is 0 Å². The zero-order valence-electron chi connectivity index (χ0n) is 15.5. The number of halogens is 3. The molecule has 0 unspecified atom stereocenters. The fourth-order valence-corrected chi connectivity index (χ4v) is 3.88. The van der Waals surface area contributed by atoms with Gasteiger partial charge in [-0.2, -0.15) is 13.2 Å². The molecule has 154 valence electrons. The molecule has 8 nitrogen and oxygen atoms in total. The number of rotatable bonds is 3. The summed E-state index contributed by atoms with van der Waals surface area (Å²) < 4.78 is 51.1. The van der Waals surface area contributed by atoms with E-state index >= 15 is 0 Å². The molecule has 0 aliphatic carbocycles. The molecule has 0 amide bonds. The van der Waals surface area contributed by atoms with Crippen molar-refractivity contribution in [3.05, 3.63) is 24.3 Å². The summed E-state index contributed by atoms with van der Waals surface area (Å²) in [6, 6.07) is 1.83. The molecule has 3 saturated heterocycles. The smallest absolute Gasteiger partial charge is 0.380 e.